The summed E-state index contributed by atoms with van der Waals surface area (Å²) in [6, 6.07) is 8.40. The van der Waals surface area contributed by atoms with Gasteiger partial charge in [0, 0.05) is 12.4 Å². The van der Waals surface area contributed by atoms with Crippen LogP contribution < -0.4 is 10.2 Å². The van der Waals surface area contributed by atoms with E-state index in [1.54, 1.807) is 24.5 Å². The predicted molar refractivity (Wildman–Crippen MR) is 81.6 cm³/mol. The van der Waals surface area contributed by atoms with Gasteiger partial charge in [-0.25, -0.2) is 14.5 Å². The van der Waals surface area contributed by atoms with Crippen molar-refractivity contribution < 1.29 is 19.5 Å². The van der Waals surface area contributed by atoms with Crippen LogP contribution in [0, 0.1) is 0 Å². The van der Waals surface area contributed by atoms with Crippen LogP contribution in [0.25, 0.3) is 6.08 Å². The molecule has 0 aliphatic carbocycles. The molecule has 1 saturated heterocycles. The number of carbonyl (C=O) groups excluding carboxylic acids is 2. The second-order valence-corrected chi connectivity index (χ2v) is 4.76. The Morgan fingerprint density at radius 1 is 1.17 bits per heavy atom. The molecular weight excluding hydrogens is 298 g/mol. The fraction of sp³-hybridized carbons (Fsp3) is 0. The molecule has 0 saturated carbocycles. The molecule has 0 spiro atoms. The summed E-state index contributed by atoms with van der Waals surface area (Å²) < 4.78 is 0. The lowest BCUT2D eigenvalue weighted by Crippen LogP contribution is -2.30. The van der Waals surface area contributed by atoms with Gasteiger partial charge in [-0.05, 0) is 42.0 Å². The molecular formula is C16H11N3O4. The van der Waals surface area contributed by atoms with E-state index < -0.39 is 17.9 Å². The summed E-state index contributed by atoms with van der Waals surface area (Å²) in [6.45, 7) is 0. The molecule has 0 unspecified atom stereocenters. The van der Waals surface area contributed by atoms with Crippen LogP contribution in [0.15, 0.2) is 54.5 Å². The number of benzene rings is 1. The Bertz CT molecular complexity index is 830. The van der Waals surface area contributed by atoms with Gasteiger partial charge < -0.3 is 10.4 Å². The van der Waals surface area contributed by atoms with Crippen molar-refractivity contribution in [2.45, 2.75) is 0 Å². The van der Waals surface area contributed by atoms with Crippen LogP contribution in [0.4, 0.5) is 10.5 Å². The average Bonchev–Trinajstić information content (AvgIpc) is 2.82. The minimum Gasteiger partial charge on any atom is -0.478 e. The first-order chi connectivity index (χ1) is 11.1. The number of aromatic carboxylic acids is 1. The van der Waals surface area contributed by atoms with E-state index in [0.717, 1.165) is 4.90 Å². The molecule has 1 aromatic heterocycles. The highest BCUT2D eigenvalue weighted by Crippen LogP contribution is 2.23. The minimum absolute atomic E-state index is 0.00494. The van der Waals surface area contributed by atoms with Crippen molar-refractivity contribution in [3.63, 3.8) is 0 Å². The average molecular weight is 309 g/mol. The number of pyridine rings is 1. The van der Waals surface area contributed by atoms with Gasteiger partial charge in [0.25, 0.3) is 5.91 Å². The number of aromatic nitrogens is 1. The Morgan fingerprint density at radius 3 is 2.61 bits per heavy atom. The monoisotopic (exact) mass is 309 g/mol. The second-order valence-electron chi connectivity index (χ2n) is 4.76. The van der Waals surface area contributed by atoms with Crippen molar-refractivity contribution in [3.8, 4) is 0 Å². The van der Waals surface area contributed by atoms with Crippen molar-refractivity contribution >= 4 is 29.7 Å². The number of hydrogen-bond acceptors (Lipinski definition) is 4. The first-order valence-electron chi connectivity index (χ1n) is 6.67. The number of hydrogen-bond donors (Lipinski definition) is 2. The fourth-order valence-electron chi connectivity index (χ4n) is 2.17. The molecule has 0 atom stereocenters. The summed E-state index contributed by atoms with van der Waals surface area (Å²) in [5, 5.41) is 11.5. The van der Waals surface area contributed by atoms with Crippen LogP contribution in [-0.2, 0) is 4.79 Å². The van der Waals surface area contributed by atoms with Crippen LogP contribution in [0.3, 0.4) is 0 Å². The van der Waals surface area contributed by atoms with E-state index in [1.165, 1.54) is 30.3 Å². The molecule has 23 heavy (non-hydrogen) atoms. The molecule has 114 valence electrons. The summed E-state index contributed by atoms with van der Waals surface area (Å²) in [4.78, 5) is 40.3. The van der Waals surface area contributed by atoms with Gasteiger partial charge in [0.05, 0.1) is 11.3 Å². The summed E-state index contributed by atoms with van der Waals surface area (Å²) in [5.41, 5.74) is 1.02. The zero-order chi connectivity index (χ0) is 16.4. The Morgan fingerprint density at radius 2 is 1.91 bits per heavy atom. The second kappa shape index (κ2) is 5.72. The van der Waals surface area contributed by atoms with Gasteiger partial charge in [0.1, 0.15) is 5.70 Å². The highest BCUT2D eigenvalue weighted by Gasteiger charge is 2.35. The lowest BCUT2D eigenvalue weighted by Gasteiger charge is -2.12. The summed E-state index contributed by atoms with van der Waals surface area (Å²) in [5.74, 6) is -1.68. The molecule has 7 heteroatoms. The SMILES string of the molecule is O=C(O)c1cccc(N2C(=O)N/C(=C\c3ccncc3)C2=O)c1. The number of carbonyl (C=O) groups is 3. The molecule has 2 aromatic rings. The van der Waals surface area contributed by atoms with Gasteiger partial charge in [-0.1, -0.05) is 6.07 Å². The topological polar surface area (TPSA) is 99.6 Å². The van der Waals surface area contributed by atoms with Gasteiger partial charge in [0.2, 0.25) is 0 Å². The van der Waals surface area contributed by atoms with Gasteiger partial charge in [-0.2, -0.15) is 0 Å². The minimum atomic E-state index is -1.13. The number of carboxylic acids is 1. The smallest absolute Gasteiger partial charge is 0.335 e. The van der Waals surface area contributed by atoms with Crippen molar-refractivity contribution in [3.05, 3.63) is 65.6 Å². The van der Waals surface area contributed by atoms with E-state index >= 15 is 0 Å². The molecule has 1 aromatic carbocycles. The number of anilines is 1. The third-order valence-electron chi connectivity index (χ3n) is 3.25. The lowest BCUT2D eigenvalue weighted by atomic mass is 10.2. The highest BCUT2D eigenvalue weighted by atomic mass is 16.4. The van der Waals surface area contributed by atoms with Gasteiger partial charge in [-0.3, -0.25) is 9.78 Å². The summed E-state index contributed by atoms with van der Waals surface area (Å²) >= 11 is 0. The highest BCUT2D eigenvalue weighted by molar-refractivity contribution is 6.28. The van der Waals surface area contributed by atoms with Crippen molar-refractivity contribution in [1.82, 2.24) is 10.3 Å². The number of urea groups is 1. The van der Waals surface area contributed by atoms with Crippen LogP contribution in [0.1, 0.15) is 15.9 Å². The number of nitrogens with one attached hydrogen (secondary N) is 1. The molecule has 0 radical (unpaired) electrons. The number of rotatable bonds is 3. The zero-order valence-corrected chi connectivity index (χ0v) is 11.8. The Balaban J connectivity index is 1.95. The molecule has 7 nitrogen and oxygen atoms in total. The first-order valence-corrected chi connectivity index (χ1v) is 6.67. The Labute approximate surface area is 130 Å². The molecule has 2 heterocycles. The predicted octanol–water partition coefficient (Wildman–Crippen LogP) is 1.88. The van der Waals surface area contributed by atoms with Crippen LogP contribution in [-0.4, -0.2) is 28.0 Å². The maximum atomic E-state index is 12.4. The maximum absolute atomic E-state index is 12.4. The fourth-order valence-corrected chi connectivity index (χ4v) is 2.17. The summed E-state index contributed by atoms with van der Waals surface area (Å²) in [7, 11) is 0. The van der Waals surface area contributed by atoms with Crippen molar-refractivity contribution in [2.24, 2.45) is 0 Å². The standard InChI is InChI=1S/C16H11N3O4/c20-14-13(8-10-4-6-17-7-5-10)18-16(23)19(14)12-3-1-2-11(9-12)15(21)22/h1-9H,(H,18,23)(H,21,22)/b13-8-. The molecule has 3 rings (SSSR count). The normalized spacial score (nSPS) is 15.8. The molecule has 0 bridgehead atoms. The number of imide groups is 1. The van der Waals surface area contributed by atoms with Gasteiger partial charge in [0.15, 0.2) is 0 Å². The largest absolute Gasteiger partial charge is 0.478 e. The molecule has 1 aliphatic heterocycles. The Kier molecular flexibility index (Phi) is 3.60. The third-order valence-corrected chi connectivity index (χ3v) is 3.25. The van der Waals surface area contributed by atoms with Crippen LogP contribution >= 0.6 is 0 Å². The van der Waals surface area contributed by atoms with Gasteiger partial charge >= 0.3 is 12.0 Å². The number of carboxylic acid groups (broad SMARTS) is 1. The van der Waals surface area contributed by atoms with Crippen molar-refractivity contribution in [1.29, 1.82) is 0 Å². The molecule has 2 N–H and O–H groups in total. The van der Waals surface area contributed by atoms with E-state index in [1.807, 2.05) is 0 Å². The molecule has 3 amide bonds. The Hall–Kier alpha value is -3.48. The van der Waals surface area contributed by atoms with E-state index in [9.17, 15) is 14.4 Å². The molecule has 1 aliphatic rings. The third kappa shape index (κ3) is 2.80. The number of amides is 3. The van der Waals surface area contributed by atoms with E-state index in [-0.39, 0.29) is 16.9 Å². The van der Waals surface area contributed by atoms with Gasteiger partial charge in [-0.15, -0.1) is 0 Å². The van der Waals surface area contributed by atoms with E-state index in [4.69, 9.17) is 5.11 Å². The lowest BCUT2D eigenvalue weighted by molar-refractivity contribution is -0.113. The zero-order valence-electron chi connectivity index (χ0n) is 11.8. The van der Waals surface area contributed by atoms with Crippen molar-refractivity contribution in [2.75, 3.05) is 4.90 Å². The summed E-state index contributed by atoms with van der Waals surface area (Å²) in [6.07, 6.45) is 4.67. The maximum Gasteiger partial charge on any atom is 0.335 e. The quantitative estimate of drug-likeness (QED) is 0.666. The van der Waals surface area contributed by atoms with Crippen LogP contribution in [0.2, 0.25) is 0 Å². The molecule has 1 fully saturated rings. The van der Waals surface area contributed by atoms with E-state index in [2.05, 4.69) is 10.3 Å². The van der Waals surface area contributed by atoms with Crippen LogP contribution in [0.5, 0.6) is 0 Å². The van der Waals surface area contributed by atoms with E-state index in [0.29, 0.717) is 5.56 Å². The first kappa shape index (κ1) is 14.5. The number of nitrogens with zero attached hydrogens (tertiary/aromatic N) is 2.